The molecular formula is C21H23ClF2N6O. The molecule has 1 heterocycles. The van der Waals surface area contributed by atoms with Gasteiger partial charge in [-0.1, -0.05) is 23.7 Å². The molecule has 1 aromatic heterocycles. The van der Waals surface area contributed by atoms with Crippen LogP contribution in [0.1, 0.15) is 6.42 Å². The minimum atomic E-state index is -0.710. The van der Waals surface area contributed by atoms with Crippen molar-refractivity contribution in [1.82, 2.24) is 20.0 Å². The molecule has 0 spiro atoms. The first-order valence-corrected chi connectivity index (χ1v) is 9.93. The number of hydrogen-bond donors (Lipinski definition) is 3. The molecule has 0 atom stereocenters. The molecule has 0 unspecified atom stereocenters. The van der Waals surface area contributed by atoms with Crippen molar-refractivity contribution in [3.05, 3.63) is 59.1 Å². The summed E-state index contributed by atoms with van der Waals surface area (Å²) >= 11 is 5.96. The molecule has 0 saturated heterocycles. The topological polar surface area (TPSA) is 88.2 Å². The van der Waals surface area contributed by atoms with Crippen molar-refractivity contribution in [3.63, 3.8) is 0 Å². The summed E-state index contributed by atoms with van der Waals surface area (Å²) in [7, 11) is 3.89. The van der Waals surface area contributed by atoms with Crippen LogP contribution in [0, 0.1) is 11.6 Å². The SMILES string of the molecule is CN(C)CCCNC(=O)Nc1c(-c2ccc(Cl)cc2)nn(-c2cc(F)ccc2F)c1N. The fourth-order valence-electron chi connectivity index (χ4n) is 2.95. The zero-order valence-corrected chi connectivity index (χ0v) is 17.9. The van der Waals surface area contributed by atoms with Crippen LogP contribution in [0.25, 0.3) is 16.9 Å². The zero-order chi connectivity index (χ0) is 22.5. The van der Waals surface area contributed by atoms with Crippen LogP contribution in [-0.4, -0.2) is 47.9 Å². The van der Waals surface area contributed by atoms with Crippen molar-refractivity contribution in [2.24, 2.45) is 0 Å². The first kappa shape index (κ1) is 22.5. The van der Waals surface area contributed by atoms with Crippen LogP contribution in [0.15, 0.2) is 42.5 Å². The number of amides is 2. The molecule has 31 heavy (non-hydrogen) atoms. The van der Waals surface area contributed by atoms with Crippen molar-refractivity contribution in [2.45, 2.75) is 6.42 Å². The van der Waals surface area contributed by atoms with Gasteiger partial charge >= 0.3 is 6.03 Å². The van der Waals surface area contributed by atoms with Gasteiger partial charge in [0, 0.05) is 23.2 Å². The van der Waals surface area contributed by atoms with E-state index < -0.39 is 17.7 Å². The Bertz CT molecular complexity index is 1070. The highest BCUT2D eigenvalue weighted by atomic mass is 35.5. The number of hydrogen-bond acceptors (Lipinski definition) is 4. The summed E-state index contributed by atoms with van der Waals surface area (Å²) in [5.41, 5.74) is 7.09. The number of nitrogens with zero attached hydrogens (tertiary/aromatic N) is 3. The highest BCUT2D eigenvalue weighted by Gasteiger charge is 2.22. The number of carbonyl (C=O) groups excluding carboxylic acids is 1. The van der Waals surface area contributed by atoms with E-state index in [0.717, 1.165) is 35.8 Å². The van der Waals surface area contributed by atoms with Gasteiger partial charge in [0.15, 0.2) is 5.82 Å². The molecule has 0 fully saturated rings. The lowest BCUT2D eigenvalue weighted by Gasteiger charge is -2.11. The third kappa shape index (κ3) is 5.50. The van der Waals surface area contributed by atoms with Gasteiger partial charge in [0.05, 0.1) is 0 Å². The Labute approximate surface area is 183 Å². The van der Waals surface area contributed by atoms with Gasteiger partial charge in [0.25, 0.3) is 0 Å². The Morgan fingerprint density at radius 2 is 1.90 bits per heavy atom. The smallest absolute Gasteiger partial charge is 0.319 e. The molecular weight excluding hydrogens is 426 g/mol. The largest absolute Gasteiger partial charge is 0.382 e. The van der Waals surface area contributed by atoms with Crippen molar-refractivity contribution in [1.29, 1.82) is 0 Å². The van der Waals surface area contributed by atoms with Crippen molar-refractivity contribution < 1.29 is 13.6 Å². The van der Waals surface area contributed by atoms with Gasteiger partial charge in [0.2, 0.25) is 0 Å². The summed E-state index contributed by atoms with van der Waals surface area (Å²) in [6.45, 7) is 1.27. The number of rotatable bonds is 7. The van der Waals surface area contributed by atoms with E-state index >= 15 is 0 Å². The predicted molar refractivity (Wildman–Crippen MR) is 119 cm³/mol. The number of anilines is 2. The lowest BCUT2D eigenvalue weighted by Crippen LogP contribution is -2.31. The average molecular weight is 449 g/mol. The summed E-state index contributed by atoms with van der Waals surface area (Å²) in [5.74, 6) is -1.40. The monoisotopic (exact) mass is 448 g/mol. The number of urea groups is 1. The Morgan fingerprint density at radius 3 is 2.58 bits per heavy atom. The number of benzene rings is 2. The maximum absolute atomic E-state index is 14.4. The number of halogens is 3. The lowest BCUT2D eigenvalue weighted by atomic mass is 10.1. The molecule has 4 N–H and O–H groups in total. The molecule has 7 nitrogen and oxygen atoms in total. The van der Waals surface area contributed by atoms with Gasteiger partial charge in [-0.15, -0.1) is 0 Å². The lowest BCUT2D eigenvalue weighted by molar-refractivity contribution is 0.251. The fourth-order valence-corrected chi connectivity index (χ4v) is 3.08. The maximum atomic E-state index is 14.4. The molecule has 0 aliphatic rings. The minimum Gasteiger partial charge on any atom is -0.382 e. The van der Waals surface area contributed by atoms with E-state index in [1.54, 1.807) is 24.3 Å². The van der Waals surface area contributed by atoms with Crippen molar-refractivity contribution >= 4 is 29.1 Å². The maximum Gasteiger partial charge on any atom is 0.319 e. The molecule has 0 bridgehead atoms. The van der Waals surface area contributed by atoms with E-state index in [2.05, 4.69) is 15.7 Å². The second-order valence-corrected chi connectivity index (χ2v) is 7.60. The number of nitrogen functional groups attached to an aromatic ring is 1. The van der Waals surface area contributed by atoms with Crippen LogP contribution in [0.2, 0.25) is 5.02 Å². The Kier molecular flexibility index (Phi) is 7.09. The Morgan fingerprint density at radius 1 is 1.19 bits per heavy atom. The van der Waals surface area contributed by atoms with Gasteiger partial charge < -0.3 is 21.3 Å². The van der Waals surface area contributed by atoms with E-state index in [9.17, 15) is 13.6 Å². The van der Waals surface area contributed by atoms with E-state index in [-0.39, 0.29) is 17.2 Å². The molecule has 164 valence electrons. The first-order valence-electron chi connectivity index (χ1n) is 9.55. The van der Waals surface area contributed by atoms with E-state index in [4.69, 9.17) is 17.3 Å². The van der Waals surface area contributed by atoms with Gasteiger partial charge in [0.1, 0.15) is 28.7 Å². The first-order chi connectivity index (χ1) is 14.8. The number of carbonyl (C=O) groups is 1. The van der Waals surface area contributed by atoms with Crippen LogP contribution in [-0.2, 0) is 0 Å². The third-order valence-electron chi connectivity index (χ3n) is 4.48. The second kappa shape index (κ2) is 9.76. The Balaban J connectivity index is 1.96. The predicted octanol–water partition coefficient (Wildman–Crippen LogP) is 4.13. The number of nitrogens with one attached hydrogen (secondary N) is 2. The van der Waals surface area contributed by atoms with E-state index in [0.29, 0.717) is 22.8 Å². The molecule has 2 amide bonds. The highest BCUT2D eigenvalue weighted by molar-refractivity contribution is 6.30. The number of nitrogens with two attached hydrogens (primary N) is 1. The molecule has 0 aliphatic heterocycles. The fraction of sp³-hybridized carbons (Fsp3) is 0.238. The standard InChI is InChI=1S/C21H23ClF2N6O/c1-29(2)11-3-10-26-21(31)27-19-18(13-4-6-14(22)7-5-13)28-30(20(19)25)17-12-15(23)8-9-16(17)24/h4-9,12H,3,10-11,25H2,1-2H3,(H2,26,27,31). The van der Waals surface area contributed by atoms with Crippen LogP contribution in [0.5, 0.6) is 0 Å². The third-order valence-corrected chi connectivity index (χ3v) is 4.73. The van der Waals surface area contributed by atoms with Gasteiger partial charge in [-0.3, -0.25) is 0 Å². The Hall–Kier alpha value is -3.17. The average Bonchev–Trinajstić information content (AvgIpc) is 3.04. The summed E-state index contributed by atoms with van der Waals surface area (Å²) in [5, 5.41) is 10.3. The normalized spacial score (nSPS) is 11.0. The molecule has 2 aromatic carbocycles. The van der Waals surface area contributed by atoms with Gasteiger partial charge in [-0.25, -0.2) is 18.3 Å². The van der Waals surface area contributed by atoms with Crippen molar-refractivity contribution in [2.75, 3.05) is 38.2 Å². The van der Waals surface area contributed by atoms with Gasteiger partial charge in [-0.05, 0) is 51.3 Å². The summed E-state index contributed by atoms with van der Waals surface area (Å²) in [6.07, 6.45) is 0.758. The number of aromatic nitrogens is 2. The van der Waals surface area contributed by atoms with Crippen LogP contribution >= 0.6 is 11.6 Å². The van der Waals surface area contributed by atoms with Crippen molar-refractivity contribution in [3.8, 4) is 16.9 Å². The highest BCUT2D eigenvalue weighted by Crippen LogP contribution is 2.35. The van der Waals surface area contributed by atoms with Gasteiger partial charge in [-0.2, -0.15) is 5.10 Å². The van der Waals surface area contributed by atoms with E-state index in [1.165, 1.54) is 0 Å². The molecule has 0 radical (unpaired) electrons. The minimum absolute atomic E-state index is 0.0436. The zero-order valence-electron chi connectivity index (χ0n) is 17.1. The van der Waals surface area contributed by atoms with E-state index in [1.807, 2.05) is 19.0 Å². The summed E-state index contributed by atoms with van der Waals surface area (Å²) in [4.78, 5) is 14.4. The molecule has 3 rings (SSSR count). The van der Waals surface area contributed by atoms with Crippen LogP contribution in [0.4, 0.5) is 25.1 Å². The molecule has 3 aromatic rings. The summed E-state index contributed by atoms with van der Waals surface area (Å²) in [6, 6.07) is 9.17. The second-order valence-electron chi connectivity index (χ2n) is 7.16. The molecule has 0 saturated carbocycles. The van der Waals surface area contributed by atoms with Crippen LogP contribution in [0.3, 0.4) is 0 Å². The van der Waals surface area contributed by atoms with Crippen LogP contribution < -0.4 is 16.4 Å². The summed E-state index contributed by atoms with van der Waals surface area (Å²) < 4.78 is 29.2. The quantitative estimate of drug-likeness (QED) is 0.474. The molecule has 10 heteroatoms. The molecule has 0 aliphatic carbocycles.